The van der Waals surface area contributed by atoms with Crippen LogP contribution >= 0.6 is 0 Å². The molecule has 1 saturated carbocycles. The van der Waals surface area contributed by atoms with E-state index in [1.54, 1.807) is 0 Å². The zero-order valence-corrected chi connectivity index (χ0v) is 14.3. The van der Waals surface area contributed by atoms with Crippen molar-refractivity contribution in [2.75, 3.05) is 0 Å². The number of carbonyl (C=O) groups is 2. The van der Waals surface area contributed by atoms with Crippen molar-refractivity contribution in [2.45, 2.75) is 91.1 Å². The first-order valence-corrected chi connectivity index (χ1v) is 8.22. The van der Waals surface area contributed by atoms with Crippen LogP contribution in [0.25, 0.3) is 0 Å². The zero-order chi connectivity index (χ0) is 16.1. The first-order chi connectivity index (χ1) is 9.59. The third-order valence-corrected chi connectivity index (χ3v) is 3.82. The summed E-state index contributed by atoms with van der Waals surface area (Å²) in [5, 5.41) is 5.76. The maximum absolute atomic E-state index is 12.1. The average Bonchev–Trinajstić information content (AvgIpc) is 2.53. The summed E-state index contributed by atoms with van der Waals surface area (Å²) in [6, 6.07) is 0.163. The molecule has 0 bridgehead atoms. The van der Waals surface area contributed by atoms with Crippen molar-refractivity contribution in [3.05, 3.63) is 0 Å². The summed E-state index contributed by atoms with van der Waals surface area (Å²) in [7, 11) is 0. The summed E-state index contributed by atoms with van der Waals surface area (Å²) < 4.78 is 0. The molecule has 2 N–H and O–H groups in total. The summed E-state index contributed by atoms with van der Waals surface area (Å²) in [6.07, 6.45) is 7.55. The molecular formula is C17H32N2O2. The van der Waals surface area contributed by atoms with Crippen LogP contribution in [-0.2, 0) is 9.59 Å². The largest absolute Gasteiger partial charge is 0.345 e. The smallest absolute Gasteiger partial charge is 0.309 e. The highest BCUT2D eigenvalue weighted by Gasteiger charge is 2.29. The van der Waals surface area contributed by atoms with Crippen LogP contribution in [-0.4, -0.2) is 23.4 Å². The van der Waals surface area contributed by atoms with Crippen molar-refractivity contribution < 1.29 is 9.59 Å². The van der Waals surface area contributed by atoms with Crippen molar-refractivity contribution in [3.63, 3.8) is 0 Å². The second kappa shape index (κ2) is 7.28. The Labute approximate surface area is 129 Å². The van der Waals surface area contributed by atoms with E-state index in [1.165, 1.54) is 12.8 Å². The Morgan fingerprint density at radius 1 is 0.905 bits per heavy atom. The molecule has 1 aliphatic rings. The number of hydrogen-bond acceptors (Lipinski definition) is 2. The van der Waals surface area contributed by atoms with E-state index < -0.39 is 11.8 Å². The number of amides is 2. The molecule has 0 aliphatic heterocycles. The number of nitrogens with one attached hydrogen (secondary N) is 2. The molecule has 0 radical (unpaired) electrons. The highest BCUT2D eigenvalue weighted by Crippen LogP contribution is 2.26. The van der Waals surface area contributed by atoms with Gasteiger partial charge in [-0.05, 0) is 38.5 Å². The predicted molar refractivity (Wildman–Crippen MR) is 85.9 cm³/mol. The zero-order valence-electron chi connectivity index (χ0n) is 14.3. The van der Waals surface area contributed by atoms with Gasteiger partial charge < -0.3 is 10.6 Å². The molecule has 1 fully saturated rings. The molecule has 1 aliphatic carbocycles. The van der Waals surface area contributed by atoms with E-state index in [1.807, 2.05) is 13.8 Å². The standard InChI is InChI=1S/C17H32N2O2/c1-16(2,3)12-17(4,5)19-15(21)14(20)18-13-10-8-6-7-9-11-13/h13H,6-12H2,1-5H3,(H,18,20)(H,19,21). The fourth-order valence-electron chi connectivity index (χ4n) is 3.41. The van der Waals surface area contributed by atoms with E-state index in [0.717, 1.165) is 32.1 Å². The molecule has 0 spiro atoms. The van der Waals surface area contributed by atoms with Crippen LogP contribution in [0.15, 0.2) is 0 Å². The van der Waals surface area contributed by atoms with E-state index in [2.05, 4.69) is 31.4 Å². The minimum atomic E-state index is -0.506. The third-order valence-electron chi connectivity index (χ3n) is 3.82. The third kappa shape index (κ3) is 7.49. The molecule has 0 unspecified atom stereocenters. The van der Waals surface area contributed by atoms with Gasteiger partial charge in [0.25, 0.3) is 0 Å². The van der Waals surface area contributed by atoms with Crippen molar-refractivity contribution in [2.24, 2.45) is 5.41 Å². The Kier molecular flexibility index (Phi) is 6.24. The lowest BCUT2D eigenvalue weighted by Gasteiger charge is -2.33. The van der Waals surface area contributed by atoms with E-state index >= 15 is 0 Å². The van der Waals surface area contributed by atoms with Gasteiger partial charge in [0.05, 0.1) is 0 Å². The molecule has 4 heteroatoms. The average molecular weight is 296 g/mol. The monoisotopic (exact) mass is 296 g/mol. The van der Waals surface area contributed by atoms with Gasteiger partial charge in [-0.1, -0.05) is 46.5 Å². The van der Waals surface area contributed by atoms with Crippen LogP contribution in [0, 0.1) is 5.41 Å². The summed E-state index contributed by atoms with van der Waals surface area (Å²) in [6.45, 7) is 10.3. The fourth-order valence-corrected chi connectivity index (χ4v) is 3.41. The Balaban J connectivity index is 2.48. The summed E-state index contributed by atoms with van der Waals surface area (Å²) >= 11 is 0. The van der Waals surface area contributed by atoms with Gasteiger partial charge in [0, 0.05) is 11.6 Å². The maximum atomic E-state index is 12.1. The Bertz CT molecular complexity index is 361. The lowest BCUT2D eigenvalue weighted by molar-refractivity contribution is -0.140. The second-order valence-corrected chi connectivity index (χ2v) is 8.24. The minimum Gasteiger partial charge on any atom is -0.345 e. The van der Waals surface area contributed by atoms with Gasteiger partial charge in [-0.15, -0.1) is 0 Å². The van der Waals surface area contributed by atoms with Crippen LogP contribution in [0.4, 0.5) is 0 Å². The number of rotatable bonds is 3. The van der Waals surface area contributed by atoms with Crippen molar-refractivity contribution in [3.8, 4) is 0 Å². The number of carbonyl (C=O) groups excluding carboxylic acids is 2. The molecule has 0 aromatic heterocycles. The van der Waals surface area contributed by atoms with Crippen LogP contribution in [0.3, 0.4) is 0 Å². The second-order valence-electron chi connectivity index (χ2n) is 8.24. The molecule has 0 atom stereocenters. The van der Waals surface area contributed by atoms with E-state index in [-0.39, 0.29) is 17.0 Å². The van der Waals surface area contributed by atoms with Gasteiger partial charge in [0.1, 0.15) is 0 Å². The Morgan fingerprint density at radius 2 is 1.43 bits per heavy atom. The SMILES string of the molecule is CC(C)(C)CC(C)(C)NC(=O)C(=O)NC1CCCCCC1. The molecule has 1 rings (SSSR count). The summed E-state index contributed by atoms with van der Waals surface area (Å²) in [5.41, 5.74) is -0.273. The molecular weight excluding hydrogens is 264 g/mol. The van der Waals surface area contributed by atoms with Crippen LogP contribution in [0.2, 0.25) is 0 Å². The van der Waals surface area contributed by atoms with Gasteiger partial charge in [-0.3, -0.25) is 9.59 Å². The highest BCUT2D eigenvalue weighted by atomic mass is 16.2. The van der Waals surface area contributed by atoms with Gasteiger partial charge in [0.2, 0.25) is 0 Å². The topological polar surface area (TPSA) is 58.2 Å². The summed E-state index contributed by atoms with van der Waals surface area (Å²) in [4.78, 5) is 24.1. The van der Waals surface area contributed by atoms with Gasteiger partial charge in [-0.25, -0.2) is 0 Å². The molecule has 0 heterocycles. The van der Waals surface area contributed by atoms with Crippen molar-refractivity contribution in [1.82, 2.24) is 10.6 Å². The van der Waals surface area contributed by atoms with Crippen LogP contribution in [0.1, 0.15) is 79.6 Å². The van der Waals surface area contributed by atoms with Crippen molar-refractivity contribution in [1.29, 1.82) is 0 Å². The van der Waals surface area contributed by atoms with Gasteiger partial charge >= 0.3 is 11.8 Å². The molecule has 0 aromatic rings. The normalized spacial score (nSPS) is 18.0. The summed E-state index contributed by atoms with van der Waals surface area (Å²) in [5.74, 6) is -0.989. The lowest BCUT2D eigenvalue weighted by atomic mass is 9.82. The van der Waals surface area contributed by atoms with Gasteiger partial charge in [0.15, 0.2) is 0 Å². The Hall–Kier alpha value is -1.06. The lowest BCUT2D eigenvalue weighted by Crippen LogP contribution is -2.52. The molecule has 0 saturated heterocycles. The first-order valence-electron chi connectivity index (χ1n) is 8.22. The van der Waals surface area contributed by atoms with E-state index in [4.69, 9.17) is 0 Å². The molecule has 2 amide bonds. The predicted octanol–water partition coefficient (Wildman–Crippen LogP) is 3.16. The quantitative estimate of drug-likeness (QED) is 0.621. The van der Waals surface area contributed by atoms with Crippen molar-refractivity contribution >= 4 is 11.8 Å². The van der Waals surface area contributed by atoms with Gasteiger partial charge in [-0.2, -0.15) is 0 Å². The van der Waals surface area contributed by atoms with Crippen LogP contribution < -0.4 is 10.6 Å². The molecule has 21 heavy (non-hydrogen) atoms. The number of hydrogen-bond donors (Lipinski definition) is 2. The first kappa shape index (κ1) is 18.0. The van der Waals surface area contributed by atoms with E-state index in [0.29, 0.717) is 0 Å². The maximum Gasteiger partial charge on any atom is 0.309 e. The molecule has 0 aromatic carbocycles. The highest BCUT2D eigenvalue weighted by molar-refractivity contribution is 6.35. The Morgan fingerprint density at radius 3 is 1.90 bits per heavy atom. The van der Waals surface area contributed by atoms with E-state index in [9.17, 15) is 9.59 Å². The minimum absolute atomic E-state index is 0.106. The molecule has 122 valence electrons. The fraction of sp³-hybridized carbons (Fsp3) is 0.882. The van der Waals surface area contributed by atoms with Crippen LogP contribution in [0.5, 0.6) is 0 Å². The molecule has 4 nitrogen and oxygen atoms in total.